The number of nitrogens with zero attached hydrogens (tertiary/aromatic N) is 4. The average Bonchev–Trinajstić information content (AvgIpc) is 3.03. The molecule has 0 radical (unpaired) electrons. The molecule has 7 nitrogen and oxygen atoms in total. The van der Waals surface area contributed by atoms with Gasteiger partial charge in [0.15, 0.2) is 5.69 Å². The van der Waals surface area contributed by atoms with Crippen LogP contribution in [0.1, 0.15) is 50.1 Å². The normalized spacial score (nSPS) is 29.0. The molecule has 2 fully saturated rings. The number of aromatic nitrogens is 3. The molecule has 0 aromatic carbocycles. The van der Waals surface area contributed by atoms with Gasteiger partial charge in [-0.05, 0) is 32.9 Å². The van der Waals surface area contributed by atoms with Crippen LogP contribution in [0.4, 0.5) is 0 Å². The number of nitrogens with one attached hydrogen (secondary N) is 1. The monoisotopic (exact) mass is 307 g/mol. The minimum Gasteiger partial charge on any atom is -0.388 e. The average molecular weight is 307 g/mol. The predicted molar refractivity (Wildman–Crippen MR) is 81.5 cm³/mol. The summed E-state index contributed by atoms with van der Waals surface area (Å²) in [6.45, 7) is 8.54. The van der Waals surface area contributed by atoms with E-state index in [4.69, 9.17) is 0 Å². The molecule has 2 N–H and O–H groups in total. The number of carbonyl (C=O) groups is 1. The molecule has 122 valence electrons. The minimum absolute atomic E-state index is 0.147. The van der Waals surface area contributed by atoms with Gasteiger partial charge in [0, 0.05) is 12.0 Å². The lowest BCUT2D eigenvalue weighted by Gasteiger charge is -2.30. The van der Waals surface area contributed by atoms with E-state index < -0.39 is 5.60 Å². The van der Waals surface area contributed by atoms with Crippen LogP contribution in [0.2, 0.25) is 0 Å². The van der Waals surface area contributed by atoms with E-state index in [1.54, 1.807) is 18.0 Å². The van der Waals surface area contributed by atoms with Crippen molar-refractivity contribution in [3.63, 3.8) is 0 Å². The van der Waals surface area contributed by atoms with E-state index in [2.05, 4.69) is 15.6 Å². The van der Waals surface area contributed by atoms with E-state index in [0.29, 0.717) is 24.8 Å². The Morgan fingerprint density at radius 1 is 1.32 bits per heavy atom. The Morgan fingerprint density at radius 2 is 2.00 bits per heavy atom. The van der Waals surface area contributed by atoms with Gasteiger partial charge in [0.2, 0.25) is 0 Å². The van der Waals surface area contributed by atoms with Crippen molar-refractivity contribution in [1.82, 2.24) is 25.2 Å². The molecule has 1 atom stereocenters. The highest BCUT2D eigenvalue weighted by molar-refractivity contribution is 5.92. The molecule has 22 heavy (non-hydrogen) atoms. The smallest absolute Gasteiger partial charge is 0.276 e. The van der Waals surface area contributed by atoms with Gasteiger partial charge >= 0.3 is 0 Å². The summed E-state index contributed by atoms with van der Waals surface area (Å²) in [5, 5.41) is 22.0. The summed E-state index contributed by atoms with van der Waals surface area (Å²) in [5.41, 5.74) is -0.839. The molecule has 2 aliphatic rings. The highest BCUT2D eigenvalue weighted by Gasteiger charge is 2.49. The second-order valence-corrected chi connectivity index (χ2v) is 7.38. The maximum atomic E-state index is 12.6. The van der Waals surface area contributed by atoms with Gasteiger partial charge in [-0.2, -0.15) is 0 Å². The Labute approximate surface area is 130 Å². The molecule has 3 heterocycles. The van der Waals surface area contributed by atoms with Crippen LogP contribution in [0.3, 0.4) is 0 Å². The van der Waals surface area contributed by atoms with Crippen LogP contribution in [0.15, 0.2) is 6.20 Å². The number of amides is 1. The number of β-amino-alcohol motifs (C(OH)–C–C–N with tert-alkyl or cyclic N) is 1. The van der Waals surface area contributed by atoms with Gasteiger partial charge in [0.1, 0.15) is 0 Å². The van der Waals surface area contributed by atoms with Gasteiger partial charge in [-0.25, -0.2) is 4.68 Å². The summed E-state index contributed by atoms with van der Waals surface area (Å²) in [6.07, 6.45) is 3.75. The van der Waals surface area contributed by atoms with E-state index >= 15 is 0 Å². The fraction of sp³-hybridized carbons (Fsp3) is 0.800. The topological polar surface area (TPSA) is 83.3 Å². The molecule has 0 unspecified atom stereocenters. The van der Waals surface area contributed by atoms with Gasteiger partial charge in [-0.15, -0.1) is 5.10 Å². The standard InChI is InChI=1S/C15H25N5O2/c1-14(2)9-19(10-15(14,3)22)13(21)12-8-20(18-17-12)11-4-6-16-7-5-11/h8,11,16,22H,4-7,9-10H2,1-3H3/t15-/m0/s1. The first-order chi connectivity index (χ1) is 10.3. The predicted octanol–water partition coefficient (Wildman–Crippen LogP) is 0.436. The highest BCUT2D eigenvalue weighted by Crippen LogP contribution is 2.38. The molecule has 1 aromatic rings. The molecule has 0 aliphatic carbocycles. The van der Waals surface area contributed by atoms with Gasteiger partial charge in [0.05, 0.1) is 24.4 Å². The van der Waals surface area contributed by atoms with E-state index in [0.717, 1.165) is 25.9 Å². The number of aliphatic hydroxyl groups is 1. The Morgan fingerprint density at radius 3 is 2.59 bits per heavy atom. The van der Waals surface area contributed by atoms with Crippen molar-refractivity contribution in [1.29, 1.82) is 0 Å². The molecular formula is C15H25N5O2. The lowest BCUT2D eigenvalue weighted by atomic mass is 9.79. The van der Waals surface area contributed by atoms with Crippen LogP contribution in [0.25, 0.3) is 0 Å². The van der Waals surface area contributed by atoms with Crippen LogP contribution in [0, 0.1) is 5.41 Å². The highest BCUT2D eigenvalue weighted by atomic mass is 16.3. The maximum absolute atomic E-state index is 12.6. The van der Waals surface area contributed by atoms with Crippen molar-refractivity contribution in [2.24, 2.45) is 5.41 Å². The number of likely N-dealkylation sites (tertiary alicyclic amines) is 1. The van der Waals surface area contributed by atoms with Crippen molar-refractivity contribution in [2.45, 2.75) is 45.3 Å². The SMILES string of the molecule is CC1(C)CN(C(=O)c2cn(C3CCNCC3)nn2)C[C@]1(C)O. The number of carbonyl (C=O) groups excluding carboxylic acids is 1. The number of piperidine rings is 1. The van der Waals surface area contributed by atoms with Gasteiger partial charge in [-0.1, -0.05) is 19.1 Å². The molecule has 2 aliphatic heterocycles. The first kappa shape index (κ1) is 15.4. The van der Waals surface area contributed by atoms with E-state index in [1.807, 2.05) is 18.5 Å². The molecular weight excluding hydrogens is 282 g/mol. The van der Waals surface area contributed by atoms with Crippen molar-refractivity contribution in [2.75, 3.05) is 26.2 Å². The summed E-state index contributed by atoms with van der Waals surface area (Å²) < 4.78 is 1.81. The number of rotatable bonds is 2. The maximum Gasteiger partial charge on any atom is 0.276 e. The third-order valence-electron chi connectivity index (χ3n) is 5.24. The van der Waals surface area contributed by atoms with Crippen LogP contribution in [0.5, 0.6) is 0 Å². The molecule has 3 rings (SSSR count). The summed E-state index contributed by atoms with van der Waals surface area (Å²) >= 11 is 0. The second kappa shape index (κ2) is 5.31. The van der Waals surface area contributed by atoms with Crippen molar-refractivity contribution in [3.8, 4) is 0 Å². The molecule has 0 bridgehead atoms. The minimum atomic E-state index is -0.881. The van der Waals surface area contributed by atoms with Crippen LogP contribution < -0.4 is 5.32 Å². The summed E-state index contributed by atoms with van der Waals surface area (Å²) in [7, 11) is 0. The van der Waals surface area contributed by atoms with Crippen molar-refractivity contribution in [3.05, 3.63) is 11.9 Å². The zero-order valence-electron chi connectivity index (χ0n) is 13.5. The summed E-state index contributed by atoms with van der Waals surface area (Å²) in [5.74, 6) is -0.147. The second-order valence-electron chi connectivity index (χ2n) is 7.38. The first-order valence-electron chi connectivity index (χ1n) is 7.94. The number of hydrogen-bond acceptors (Lipinski definition) is 5. The van der Waals surface area contributed by atoms with Gasteiger partial charge in [0.25, 0.3) is 5.91 Å². The Hall–Kier alpha value is -1.47. The first-order valence-corrected chi connectivity index (χ1v) is 7.94. The molecule has 1 amide bonds. The quantitative estimate of drug-likeness (QED) is 0.828. The third-order valence-corrected chi connectivity index (χ3v) is 5.24. The van der Waals surface area contributed by atoms with E-state index in [1.165, 1.54) is 0 Å². The van der Waals surface area contributed by atoms with Crippen molar-refractivity contribution < 1.29 is 9.90 Å². The molecule has 2 saturated heterocycles. The Bertz CT molecular complexity index is 544. The lowest BCUT2D eigenvalue weighted by Crippen LogP contribution is -2.40. The summed E-state index contributed by atoms with van der Waals surface area (Å²) in [6, 6.07) is 0.313. The van der Waals surface area contributed by atoms with Crippen molar-refractivity contribution >= 4 is 5.91 Å². The van der Waals surface area contributed by atoms with Gasteiger partial charge in [-0.3, -0.25) is 4.79 Å². The van der Waals surface area contributed by atoms with E-state index in [-0.39, 0.29) is 11.3 Å². The van der Waals surface area contributed by atoms with Crippen LogP contribution in [-0.4, -0.2) is 62.7 Å². The Kier molecular flexibility index (Phi) is 3.72. The van der Waals surface area contributed by atoms with Crippen LogP contribution in [-0.2, 0) is 0 Å². The van der Waals surface area contributed by atoms with E-state index in [9.17, 15) is 9.90 Å². The fourth-order valence-electron chi connectivity index (χ4n) is 3.22. The molecule has 7 heteroatoms. The molecule has 1 aromatic heterocycles. The fourth-order valence-corrected chi connectivity index (χ4v) is 3.22. The molecule has 0 spiro atoms. The largest absolute Gasteiger partial charge is 0.388 e. The lowest BCUT2D eigenvalue weighted by molar-refractivity contribution is -0.0108. The zero-order chi connectivity index (χ0) is 16.0. The number of hydrogen-bond donors (Lipinski definition) is 2. The van der Waals surface area contributed by atoms with Crippen LogP contribution >= 0.6 is 0 Å². The van der Waals surface area contributed by atoms with Gasteiger partial charge < -0.3 is 15.3 Å². The summed E-state index contributed by atoms with van der Waals surface area (Å²) in [4.78, 5) is 14.3. The Balaban J connectivity index is 1.72. The third kappa shape index (κ3) is 2.63. The molecule has 0 saturated carbocycles. The zero-order valence-corrected chi connectivity index (χ0v) is 13.5.